The molecular weight excluding hydrogens is 398 g/mol. The molecule has 2 aromatic heterocycles. The van der Waals surface area contributed by atoms with Gasteiger partial charge in [-0.25, -0.2) is 4.79 Å². The predicted molar refractivity (Wildman–Crippen MR) is 105 cm³/mol. The summed E-state index contributed by atoms with van der Waals surface area (Å²) < 4.78 is 19.5. The number of nitrogens with one attached hydrogen (secondary N) is 2. The molecular formula is C19H23N3O6S. The van der Waals surface area contributed by atoms with Crippen LogP contribution in [0.2, 0.25) is 0 Å². The lowest BCUT2D eigenvalue weighted by Crippen LogP contribution is -2.54. The first-order chi connectivity index (χ1) is 13.7. The third-order valence-corrected chi connectivity index (χ3v) is 6.06. The van der Waals surface area contributed by atoms with E-state index in [0.29, 0.717) is 4.88 Å². The van der Waals surface area contributed by atoms with Crippen molar-refractivity contribution >= 4 is 17.2 Å². The van der Waals surface area contributed by atoms with Crippen molar-refractivity contribution in [1.29, 1.82) is 0 Å². The highest BCUT2D eigenvalue weighted by Crippen LogP contribution is 2.39. The quantitative estimate of drug-likeness (QED) is 0.755. The van der Waals surface area contributed by atoms with Gasteiger partial charge < -0.3 is 19.5 Å². The van der Waals surface area contributed by atoms with Crippen molar-refractivity contribution in [2.45, 2.75) is 50.9 Å². The van der Waals surface area contributed by atoms with E-state index in [1.54, 1.807) is 13.8 Å². The van der Waals surface area contributed by atoms with Gasteiger partial charge in [0.05, 0.1) is 17.5 Å². The van der Waals surface area contributed by atoms with Crippen LogP contribution in [0.1, 0.15) is 35.1 Å². The summed E-state index contributed by atoms with van der Waals surface area (Å²) in [5.74, 6) is -1.03. The highest BCUT2D eigenvalue weighted by Gasteiger charge is 2.52. The second-order valence-electron chi connectivity index (χ2n) is 7.72. The normalized spacial score (nSPS) is 28.1. The van der Waals surface area contributed by atoms with Crippen LogP contribution in [0.4, 0.5) is 0 Å². The molecule has 0 bridgehead atoms. The summed E-state index contributed by atoms with van der Waals surface area (Å²) in [6.45, 7) is 5.96. The average molecular weight is 421 g/mol. The molecule has 10 heteroatoms. The summed E-state index contributed by atoms with van der Waals surface area (Å²) in [6.07, 6.45) is 0.0602. The summed E-state index contributed by atoms with van der Waals surface area (Å²) in [6, 6.07) is 2.66. The van der Waals surface area contributed by atoms with Crippen molar-refractivity contribution in [2.24, 2.45) is 0 Å². The monoisotopic (exact) mass is 421 g/mol. The van der Waals surface area contributed by atoms with Gasteiger partial charge in [-0.1, -0.05) is 0 Å². The Hall–Kier alpha value is -2.27. The van der Waals surface area contributed by atoms with Gasteiger partial charge in [0.1, 0.15) is 18.3 Å². The number of H-pyrrole nitrogens is 1. The number of aromatic amines is 1. The molecule has 0 aromatic carbocycles. The van der Waals surface area contributed by atoms with Crippen molar-refractivity contribution < 1.29 is 19.0 Å². The number of hydrogen-bond acceptors (Lipinski definition) is 7. The van der Waals surface area contributed by atoms with Crippen LogP contribution in [0.15, 0.2) is 33.3 Å². The Morgan fingerprint density at radius 1 is 1.34 bits per heavy atom. The lowest BCUT2D eigenvalue weighted by atomic mass is 9.97. The first kappa shape index (κ1) is 20.0. The topological polar surface area (TPSA) is 112 Å². The molecule has 2 fully saturated rings. The van der Waals surface area contributed by atoms with Gasteiger partial charge in [0.25, 0.3) is 11.5 Å². The van der Waals surface area contributed by atoms with Crippen molar-refractivity contribution in [3.8, 4) is 0 Å². The maximum Gasteiger partial charge on any atom is 0.328 e. The molecule has 0 radical (unpaired) electrons. The summed E-state index contributed by atoms with van der Waals surface area (Å²) in [7, 11) is 0. The second-order valence-corrected chi connectivity index (χ2v) is 8.63. The van der Waals surface area contributed by atoms with Gasteiger partial charge in [0.2, 0.25) is 0 Å². The van der Waals surface area contributed by atoms with Gasteiger partial charge in [-0.15, -0.1) is 11.3 Å². The Labute approximate surface area is 170 Å². The summed E-state index contributed by atoms with van der Waals surface area (Å²) >= 11 is 1.39. The standard InChI is InChI=1S/C19H23N3O6S/c1-10-6-13(29-9-10)17(24)20-7-12-16-15(27-19(2,3)28-16)11(8-26-12)22-5-4-14(23)21-18(22)25/h4-6,9,11-12,15-16H,7-8H2,1-3H3,(H,20,24)(H,21,23,25)/t11-,12-,15+,16-/m1/s1. The molecule has 0 unspecified atom stereocenters. The van der Waals surface area contributed by atoms with E-state index in [4.69, 9.17) is 14.2 Å². The highest BCUT2D eigenvalue weighted by atomic mass is 32.1. The van der Waals surface area contributed by atoms with E-state index >= 15 is 0 Å². The molecule has 2 N–H and O–H groups in total. The van der Waals surface area contributed by atoms with Gasteiger partial charge in [-0.3, -0.25) is 19.1 Å². The van der Waals surface area contributed by atoms with E-state index < -0.39 is 41.4 Å². The SMILES string of the molecule is Cc1csc(C(=O)NC[C@H]2OC[C@@H](n3ccc(=O)[nH]c3=O)[C@@H]3OC(C)(C)O[C@@H]32)c1. The summed E-state index contributed by atoms with van der Waals surface area (Å²) in [5.41, 5.74) is 0.0448. The average Bonchev–Trinajstić information content (AvgIpc) is 3.22. The van der Waals surface area contributed by atoms with Crippen LogP contribution in [0.25, 0.3) is 0 Å². The lowest BCUT2D eigenvalue weighted by molar-refractivity contribution is -0.153. The Morgan fingerprint density at radius 3 is 2.79 bits per heavy atom. The predicted octanol–water partition coefficient (Wildman–Crippen LogP) is 0.797. The minimum absolute atomic E-state index is 0.166. The summed E-state index contributed by atoms with van der Waals surface area (Å²) in [4.78, 5) is 38.9. The molecule has 0 spiro atoms. The largest absolute Gasteiger partial charge is 0.371 e. The van der Waals surface area contributed by atoms with Crippen LogP contribution in [0.3, 0.4) is 0 Å². The van der Waals surface area contributed by atoms with E-state index in [1.165, 1.54) is 28.2 Å². The van der Waals surface area contributed by atoms with Crippen molar-refractivity contribution in [2.75, 3.05) is 13.2 Å². The van der Waals surface area contributed by atoms with Crippen LogP contribution in [0.5, 0.6) is 0 Å². The fourth-order valence-electron chi connectivity index (χ4n) is 3.75. The minimum atomic E-state index is -0.861. The Morgan fingerprint density at radius 2 is 2.10 bits per heavy atom. The molecule has 0 aliphatic carbocycles. The number of nitrogens with zero attached hydrogens (tertiary/aromatic N) is 1. The number of hydrogen-bond donors (Lipinski definition) is 2. The molecule has 4 atom stereocenters. The van der Waals surface area contributed by atoms with Crippen LogP contribution < -0.4 is 16.6 Å². The number of thiophene rings is 1. The Kier molecular flexibility index (Phi) is 5.19. The fraction of sp³-hybridized carbons (Fsp3) is 0.526. The lowest BCUT2D eigenvalue weighted by Gasteiger charge is -2.37. The third-order valence-electron chi connectivity index (χ3n) is 5.02. The van der Waals surface area contributed by atoms with Gasteiger partial charge in [-0.2, -0.15) is 0 Å². The highest BCUT2D eigenvalue weighted by molar-refractivity contribution is 7.12. The van der Waals surface area contributed by atoms with E-state index in [2.05, 4.69) is 10.3 Å². The molecule has 156 valence electrons. The van der Waals surface area contributed by atoms with Gasteiger partial charge in [0, 0.05) is 18.8 Å². The number of rotatable bonds is 4. The van der Waals surface area contributed by atoms with E-state index in [9.17, 15) is 14.4 Å². The molecule has 9 nitrogen and oxygen atoms in total. The van der Waals surface area contributed by atoms with Crippen LogP contribution in [0, 0.1) is 6.92 Å². The van der Waals surface area contributed by atoms with Crippen LogP contribution >= 0.6 is 11.3 Å². The molecule has 4 rings (SSSR count). The van der Waals surface area contributed by atoms with E-state index in [0.717, 1.165) is 5.56 Å². The van der Waals surface area contributed by atoms with E-state index in [1.807, 2.05) is 18.4 Å². The van der Waals surface area contributed by atoms with Crippen molar-refractivity contribution in [1.82, 2.24) is 14.9 Å². The molecule has 2 aromatic rings. The number of amides is 1. The molecule has 2 aliphatic rings. The molecule has 2 aliphatic heterocycles. The molecule has 1 amide bonds. The number of ether oxygens (including phenoxy) is 3. The number of carbonyl (C=O) groups excluding carboxylic acids is 1. The maximum absolute atomic E-state index is 12.4. The van der Waals surface area contributed by atoms with Gasteiger partial charge >= 0.3 is 5.69 Å². The number of fused-ring (bicyclic) bond motifs is 1. The zero-order chi connectivity index (χ0) is 20.8. The Bertz CT molecular complexity index is 1030. The van der Waals surface area contributed by atoms with Crippen LogP contribution in [-0.2, 0) is 14.2 Å². The zero-order valence-corrected chi connectivity index (χ0v) is 17.2. The summed E-state index contributed by atoms with van der Waals surface area (Å²) in [5, 5.41) is 4.81. The minimum Gasteiger partial charge on any atom is -0.371 e. The molecule has 4 heterocycles. The Balaban J connectivity index is 1.51. The van der Waals surface area contributed by atoms with Crippen molar-refractivity contribution in [3.63, 3.8) is 0 Å². The maximum atomic E-state index is 12.4. The first-order valence-corrected chi connectivity index (χ1v) is 10.2. The number of aryl methyl sites for hydroxylation is 1. The number of carbonyl (C=O) groups is 1. The molecule has 2 saturated heterocycles. The zero-order valence-electron chi connectivity index (χ0n) is 16.3. The van der Waals surface area contributed by atoms with Crippen molar-refractivity contribution in [3.05, 3.63) is 55.0 Å². The van der Waals surface area contributed by atoms with E-state index in [-0.39, 0.29) is 19.1 Å². The number of aromatic nitrogens is 2. The smallest absolute Gasteiger partial charge is 0.328 e. The van der Waals surface area contributed by atoms with Crippen LogP contribution in [-0.4, -0.2) is 52.7 Å². The molecule has 0 saturated carbocycles. The van der Waals surface area contributed by atoms with Gasteiger partial charge in [0.15, 0.2) is 5.79 Å². The molecule has 29 heavy (non-hydrogen) atoms. The first-order valence-electron chi connectivity index (χ1n) is 9.35. The third kappa shape index (κ3) is 4.06. The van der Waals surface area contributed by atoms with Gasteiger partial charge in [-0.05, 0) is 37.8 Å². The second kappa shape index (κ2) is 7.52. The fourth-order valence-corrected chi connectivity index (χ4v) is 4.56.